The van der Waals surface area contributed by atoms with Crippen LogP contribution in [0.15, 0.2) is 42.5 Å². The summed E-state index contributed by atoms with van der Waals surface area (Å²) in [6.45, 7) is 1.67. The van der Waals surface area contributed by atoms with Crippen LogP contribution in [0.2, 0.25) is 5.02 Å². The Kier molecular flexibility index (Phi) is 6.26. The van der Waals surface area contributed by atoms with Crippen LogP contribution in [0.5, 0.6) is 17.2 Å². The number of amides is 2. The molecule has 3 rings (SSSR count). The van der Waals surface area contributed by atoms with Crippen LogP contribution in [0, 0.1) is 0 Å². The Labute approximate surface area is 167 Å². The highest BCUT2D eigenvalue weighted by atomic mass is 35.5. The molecule has 8 heteroatoms. The number of hydrogen-bond donors (Lipinski definition) is 2. The van der Waals surface area contributed by atoms with E-state index in [4.69, 9.17) is 16.3 Å². The third-order valence-corrected chi connectivity index (χ3v) is 4.71. The molecule has 2 aromatic rings. The van der Waals surface area contributed by atoms with Gasteiger partial charge in [-0.15, -0.1) is 0 Å². The van der Waals surface area contributed by atoms with E-state index in [1.165, 1.54) is 18.2 Å². The second-order valence-electron chi connectivity index (χ2n) is 6.51. The summed E-state index contributed by atoms with van der Waals surface area (Å²) in [6, 6.07) is 10.6. The van der Waals surface area contributed by atoms with E-state index in [9.17, 15) is 19.8 Å². The molecule has 1 heterocycles. The molecule has 28 heavy (non-hydrogen) atoms. The molecule has 0 saturated carbocycles. The van der Waals surface area contributed by atoms with Crippen molar-refractivity contribution >= 4 is 23.4 Å². The number of benzene rings is 2. The molecular formula is C20H21ClN2O5. The smallest absolute Gasteiger partial charge is 0.260 e. The van der Waals surface area contributed by atoms with Gasteiger partial charge in [-0.3, -0.25) is 9.59 Å². The normalized spacial score (nSPS) is 14.5. The zero-order valence-corrected chi connectivity index (χ0v) is 15.9. The lowest BCUT2D eigenvalue weighted by Gasteiger charge is -2.22. The number of carbonyl (C=O) groups is 2. The topological polar surface area (TPSA) is 90.3 Å². The van der Waals surface area contributed by atoms with Gasteiger partial charge in [0.25, 0.3) is 11.8 Å². The predicted molar refractivity (Wildman–Crippen MR) is 104 cm³/mol. The van der Waals surface area contributed by atoms with Gasteiger partial charge >= 0.3 is 0 Å². The lowest BCUT2D eigenvalue weighted by Crippen LogP contribution is -2.39. The van der Waals surface area contributed by atoms with Crippen LogP contribution in [0.1, 0.15) is 16.8 Å². The third kappa shape index (κ3) is 5.07. The van der Waals surface area contributed by atoms with Crippen LogP contribution in [0.3, 0.4) is 0 Å². The van der Waals surface area contributed by atoms with Crippen molar-refractivity contribution in [2.75, 3.05) is 32.8 Å². The number of nitrogens with zero attached hydrogens (tertiary/aromatic N) is 2. The highest BCUT2D eigenvalue weighted by Gasteiger charge is 2.23. The summed E-state index contributed by atoms with van der Waals surface area (Å²) in [6.07, 6.45) is 0.628. The van der Waals surface area contributed by atoms with Gasteiger partial charge < -0.3 is 24.7 Å². The van der Waals surface area contributed by atoms with E-state index in [1.54, 1.807) is 34.1 Å². The van der Waals surface area contributed by atoms with Crippen molar-refractivity contribution < 1.29 is 24.5 Å². The largest absolute Gasteiger partial charge is 0.508 e. The monoisotopic (exact) mass is 404 g/mol. The maximum atomic E-state index is 12.6. The minimum absolute atomic E-state index is 0.0873. The molecule has 0 aromatic heterocycles. The minimum Gasteiger partial charge on any atom is -0.508 e. The molecule has 1 saturated heterocycles. The molecule has 0 unspecified atom stereocenters. The molecule has 148 valence electrons. The highest BCUT2D eigenvalue weighted by molar-refractivity contribution is 6.30. The maximum Gasteiger partial charge on any atom is 0.260 e. The first kappa shape index (κ1) is 19.8. The van der Waals surface area contributed by atoms with Gasteiger partial charge in [-0.05, 0) is 42.8 Å². The summed E-state index contributed by atoms with van der Waals surface area (Å²) < 4.78 is 5.50. The van der Waals surface area contributed by atoms with E-state index in [1.807, 2.05) is 0 Å². The minimum atomic E-state index is -0.294. The molecule has 2 N–H and O–H groups in total. The van der Waals surface area contributed by atoms with Crippen LogP contribution in [-0.2, 0) is 4.79 Å². The number of ether oxygens (including phenoxy) is 1. The first-order chi connectivity index (χ1) is 13.4. The van der Waals surface area contributed by atoms with E-state index >= 15 is 0 Å². The molecule has 1 fully saturated rings. The fourth-order valence-corrected chi connectivity index (χ4v) is 3.16. The van der Waals surface area contributed by atoms with Crippen LogP contribution in [0.4, 0.5) is 0 Å². The molecule has 2 amide bonds. The van der Waals surface area contributed by atoms with Crippen molar-refractivity contribution in [1.82, 2.24) is 9.80 Å². The molecule has 1 aliphatic heterocycles. The molecule has 0 bridgehead atoms. The third-order valence-electron chi connectivity index (χ3n) is 4.46. The summed E-state index contributed by atoms with van der Waals surface area (Å²) in [7, 11) is 0. The van der Waals surface area contributed by atoms with Gasteiger partial charge in [0.05, 0.1) is 0 Å². The van der Waals surface area contributed by atoms with Gasteiger partial charge in [0.1, 0.15) is 17.2 Å². The zero-order chi connectivity index (χ0) is 20.1. The first-order valence-corrected chi connectivity index (χ1v) is 9.28. The number of aromatic hydroxyl groups is 2. The van der Waals surface area contributed by atoms with Crippen molar-refractivity contribution in [1.29, 1.82) is 0 Å². The van der Waals surface area contributed by atoms with Crippen LogP contribution in [-0.4, -0.2) is 64.6 Å². The molecule has 7 nitrogen and oxygen atoms in total. The molecule has 0 radical (unpaired) electrons. The van der Waals surface area contributed by atoms with E-state index in [0.29, 0.717) is 43.4 Å². The van der Waals surface area contributed by atoms with Crippen LogP contribution in [0.25, 0.3) is 0 Å². The van der Waals surface area contributed by atoms with Crippen molar-refractivity contribution in [3.8, 4) is 17.2 Å². The van der Waals surface area contributed by atoms with Crippen molar-refractivity contribution in [2.45, 2.75) is 6.42 Å². The van der Waals surface area contributed by atoms with E-state index in [0.717, 1.165) is 0 Å². The molecule has 0 aliphatic carbocycles. The Hall–Kier alpha value is -2.93. The number of phenols is 2. The Morgan fingerprint density at radius 3 is 2.21 bits per heavy atom. The van der Waals surface area contributed by atoms with Crippen molar-refractivity contribution in [3.05, 3.63) is 53.1 Å². The second-order valence-corrected chi connectivity index (χ2v) is 6.94. The SMILES string of the molecule is O=C(COc1ccc(Cl)cc1)N1CCCN(C(=O)c2cc(O)cc(O)c2)CC1. The van der Waals surface area contributed by atoms with Gasteiger partial charge in [0.15, 0.2) is 6.61 Å². The lowest BCUT2D eigenvalue weighted by atomic mass is 10.1. The highest BCUT2D eigenvalue weighted by Crippen LogP contribution is 2.22. The number of hydrogen-bond acceptors (Lipinski definition) is 5. The maximum absolute atomic E-state index is 12.6. The average Bonchev–Trinajstić information content (AvgIpc) is 2.92. The molecule has 0 atom stereocenters. The summed E-state index contributed by atoms with van der Waals surface area (Å²) in [4.78, 5) is 28.4. The first-order valence-electron chi connectivity index (χ1n) is 8.91. The van der Waals surface area contributed by atoms with E-state index in [2.05, 4.69) is 0 Å². The number of halogens is 1. The predicted octanol–water partition coefficient (Wildman–Crippen LogP) is 2.50. The van der Waals surface area contributed by atoms with Crippen molar-refractivity contribution in [3.63, 3.8) is 0 Å². The average molecular weight is 405 g/mol. The number of carbonyl (C=O) groups excluding carboxylic acids is 2. The van der Waals surface area contributed by atoms with Gasteiger partial charge in [-0.25, -0.2) is 0 Å². The summed E-state index contributed by atoms with van der Waals surface area (Å²) in [5.41, 5.74) is 0.211. The Balaban J connectivity index is 1.55. The standard InChI is InChI=1S/C20H21ClN2O5/c21-15-2-4-18(5-3-15)28-13-19(26)22-6-1-7-23(9-8-22)20(27)14-10-16(24)12-17(25)11-14/h2-5,10-12,24-25H,1,6-9,13H2. The lowest BCUT2D eigenvalue weighted by molar-refractivity contribution is -0.133. The molecular weight excluding hydrogens is 384 g/mol. The molecule has 2 aromatic carbocycles. The van der Waals surface area contributed by atoms with Gasteiger partial charge in [0, 0.05) is 42.8 Å². The van der Waals surface area contributed by atoms with Crippen molar-refractivity contribution in [2.24, 2.45) is 0 Å². The van der Waals surface area contributed by atoms with Gasteiger partial charge in [-0.1, -0.05) is 11.6 Å². The number of phenolic OH excluding ortho intramolecular Hbond substituents is 2. The number of rotatable bonds is 4. The zero-order valence-electron chi connectivity index (χ0n) is 15.2. The van der Waals surface area contributed by atoms with Gasteiger partial charge in [-0.2, -0.15) is 0 Å². The summed E-state index contributed by atoms with van der Waals surface area (Å²) in [5, 5.41) is 19.7. The fourth-order valence-electron chi connectivity index (χ4n) is 3.04. The van der Waals surface area contributed by atoms with Gasteiger partial charge in [0.2, 0.25) is 0 Å². The molecule has 0 spiro atoms. The fraction of sp³-hybridized carbons (Fsp3) is 0.300. The summed E-state index contributed by atoms with van der Waals surface area (Å²) in [5.74, 6) is -0.228. The van der Waals surface area contributed by atoms with Crippen LogP contribution < -0.4 is 4.74 Å². The summed E-state index contributed by atoms with van der Waals surface area (Å²) >= 11 is 5.82. The quantitative estimate of drug-likeness (QED) is 0.817. The molecule has 1 aliphatic rings. The Morgan fingerprint density at radius 2 is 1.54 bits per heavy atom. The Morgan fingerprint density at radius 1 is 0.929 bits per heavy atom. The van der Waals surface area contributed by atoms with Crippen LogP contribution >= 0.6 is 11.6 Å². The second kappa shape index (κ2) is 8.84. The van der Waals surface area contributed by atoms with E-state index < -0.39 is 0 Å². The van der Waals surface area contributed by atoms with E-state index in [-0.39, 0.29) is 35.5 Å². The Bertz CT molecular complexity index is 836.